The molecule has 0 aromatic carbocycles. The molecule has 1 heterocycles. The van der Waals surface area contributed by atoms with Crippen molar-refractivity contribution < 1.29 is 14.7 Å². The minimum atomic E-state index is -0.766. The van der Waals surface area contributed by atoms with Gasteiger partial charge in [-0.1, -0.05) is 6.07 Å². The predicted molar refractivity (Wildman–Crippen MR) is 76.4 cm³/mol. The summed E-state index contributed by atoms with van der Waals surface area (Å²) >= 11 is 1.68. The molecule has 2 saturated carbocycles. The Labute approximate surface area is 122 Å². The van der Waals surface area contributed by atoms with E-state index in [0.29, 0.717) is 25.2 Å². The molecule has 0 spiro atoms. The van der Waals surface area contributed by atoms with E-state index in [4.69, 9.17) is 5.11 Å². The van der Waals surface area contributed by atoms with E-state index in [1.54, 1.807) is 11.3 Å². The Balaban J connectivity index is 1.62. The Hall–Kier alpha value is -1.36. The summed E-state index contributed by atoms with van der Waals surface area (Å²) in [6.45, 7) is 0. The molecule has 108 valence electrons. The summed E-state index contributed by atoms with van der Waals surface area (Å²) in [6, 6.07) is 4.21. The molecule has 0 bridgehead atoms. The van der Waals surface area contributed by atoms with E-state index >= 15 is 0 Å². The van der Waals surface area contributed by atoms with Gasteiger partial charge in [-0.25, -0.2) is 0 Å². The zero-order chi connectivity index (χ0) is 14.1. The van der Waals surface area contributed by atoms with Gasteiger partial charge in [0.25, 0.3) is 0 Å². The van der Waals surface area contributed by atoms with Crippen LogP contribution < -0.4 is 5.32 Å². The van der Waals surface area contributed by atoms with Crippen LogP contribution in [0.15, 0.2) is 17.5 Å². The van der Waals surface area contributed by atoms with Crippen LogP contribution in [0.4, 0.5) is 0 Å². The minimum Gasteiger partial charge on any atom is -0.481 e. The molecule has 3 rings (SSSR count). The van der Waals surface area contributed by atoms with E-state index in [1.165, 1.54) is 17.7 Å². The standard InChI is InChI=1S/C15H19NO3S/c17-14(10-5-6-11(8-10)15(18)19)16-13(9-3-4-9)12-2-1-7-20-12/h1-2,7,9-11,13H,3-6,8H2,(H,16,17)(H,18,19)/t10-,11+,13?/m0/s1. The maximum atomic E-state index is 12.4. The summed E-state index contributed by atoms with van der Waals surface area (Å²) < 4.78 is 0. The van der Waals surface area contributed by atoms with Crippen molar-refractivity contribution in [3.05, 3.63) is 22.4 Å². The van der Waals surface area contributed by atoms with Crippen LogP contribution in [0.2, 0.25) is 0 Å². The number of hydrogen-bond acceptors (Lipinski definition) is 3. The van der Waals surface area contributed by atoms with Gasteiger partial charge in [0.05, 0.1) is 12.0 Å². The molecule has 20 heavy (non-hydrogen) atoms. The van der Waals surface area contributed by atoms with E-state index in [2.05, 4.69) is 11.4 Å². The second kappa shape index (κ2) is 5.56. The third-order valence-corrected chi connectivity index (χ3v) is 5.35. The predicted octanol–water partition coefficient (Wildman–Crippen LogP) is 2.82. The number of carboxylic acids is 1. The van der Waals surface area contributed by atoms with Gasteiger partial charge in [0, 0.05) is 10.8 Å². The zero-order valence-corrected chi connectivity index (χ0v) is 12.1. The molecular weight excluding hydrogens is 274 g/mol. The van der Waals surface area contributed by atoms with Crippen molar-refractivity contribution in [2.24, 2.45) is 17.8 Å². The molecule has 0 radical (unpaired) electrons. The summed E-state index contributed by atoms with van der Waals surface area (Å²) in [6.07, 6.45) is 4.16. The van der Waals surface area contributed by atoms with Crippen molar-refractivity contribution >= 4 is 23.2 Å². The molecule has 1 aromatic rings. The largest absolute Gasteiger partial charge is 0.481 e. The number of aliphatic carboxylic acids is 1. The number of amides is 1. The fourth-order valence-corrected chi connectivity index (χ4v) is 3.90. The van der Waals surface area contributed by atoms with Gasteiger partial charge in [-0.3, -0.25) is 9.59 Å². The van der Waals surface area contributed by atoms with E-state index < -0.39 is 5.97 Å². The fraction of sp³-hybridized carbons (Fsp3) is 0.600. The van der Waals surface area contributed by atoms with Crippen molar-refractivity contribution in [3.8, 4) is 0 Å². The highest BCUT2D eigenvalue weighted by Gasteiger charge is 2.38. The first-order chi connectivity index (χ1) is 9.65. The Morgan fingerprint density at radius 3 is 2.55 bits per heavy atom. The SMILES string of the molecule is O=C(O)[C@@H]1CC[C@H](C(=O)NC(c2cccs2)C2CC2)C1. The molecule has 0 saturated heterocycles. The minimum absolute atomic E-state index is 0.0408. The smallest absolute Gasteiger partial charge is 0.306 e. The quantitative estimate of drug-likeness (QED) is 0.877. The van der Waals surface area contributed by atoms with Gasteiger partial charge in [-0.2, -0.15) is 0 Å². The van der Waals surface area contributed by atoms with Crippen LogP contribution in [0.1, 0.15) is 43.0 Å². The number of carbonyl (C=O) groups is 2. The Morgan fingerprint density at radius 1 is 1.25 bits per heavy atom. The first kappa shape index (κ1) is 13.6. The second-order valence-corrected chi connectivity index (χ2v) is 6.86. The number of hydrogen-bond donors (Lipinski definition) is 2. The van der Waals surface area contributed by atoms with Gasteiger partial charge in [0.1, 0.15) is 0 Å². The zero-order valence-electron chi connectivity index (χ0n) is 11.2. The average molecular weight is 293 g/mol. The Kier molecular flexibility index (Phi) is 3.78. The lowest BCUT2D eigenvalue weighted by Crippen LogP contribution is -2.34. The highest BCUT2D eigenvalue weighted by molar-refractivity contribution is 7.10. The Bertz CT molecular complexity index is 495. The van der Waals surface area contributed by atoms with E-state index in [9.17, 15) is 9.59 Å². The van der Waals surface area contributed by atoms with Gasteiger partial charge in [0.2, 0.25) is 5.91 Å². The molecule has 2 N–H and O–H groups in total. The topological polar surface area (TPSA) is 66.4 Å². The number of carboxylic acid groups (broad SMARTS) is 1. The van der Waals surface area contributed by atoms with Crippen LogP contribution in [0.25, 0.3) is 0 Å². The molecule has 2 aliphatic carbocycles. The maximum Gasteiger partial charge on any atom is 0.306 e. The molecule has 1 amide bonds. The highest BCUT2D eigenvalue weighted by atomic mass is 32.1. The molecule has 3 atom stereocenters. The summed E-state index contributed by atoms with van der Waals surface area (Å²) in [5, 5.41) is 14.2. The number of thiophene rings is 1. The first-order valence-corrected chi connectivity index (χ1v) is 8.09. The first-order valence-electron chi connectivity index (χ1n) is 7.21. The summed E-state index contributed by atoms with van der Waals surface area (Å²) in [7, 11) is 0. The molecule has 2 fully saturated rings. The van der Waals surface area contributed by atoms with Crippen molar-refractivity contribution in [2.45, 2.75) is 38.1 Å². The third kappa shape index (κ3) is 2.87. The van der Waals surface area contributed by atoms with Crippen LogP contribution in [0.5, 0.6) is 0 Å². The summed E-state index contributed by atoms with van der Waals surface area (Å²) in [5.74, 6) is -0.630. The normalized spacial score (nSPS) is 27.2. The Morgan fingerprint density at radius 2 is 2.00 bits per heavy atom. The van der Waals surface area contributed by atoms with E-state index in [-0.39, 0.29) is 23.8 Å². The van der Waals surface area contributed by atoms with Crippen LogP contribution in [0.3, 0.4) is 0 Å². The van der Waals surface area contributed by atoms with Crippen LogP contribution in [-0.2, 0) is 9.59 Å². The molecule has 2 aliphatic rings. The molecule has 4 nitrogen and oxygen atoms in total. The second-order valence-electron chi connectivity index (χ2n) is 5.88. The molecule has 1 aromatic heterocycles. The van der Waals surface area contributed by atoms with Crippen molar-refractivity contribution in [3.63, 3.8) is 0 Å². The number of nitrogens with one attached hydrogen (secondary N) is 1. The van der Waals surface area contributed by atoms with Crippen molar-refractivity contribution in [1.29, 1.82) is 0 Å². The van der Waals surface area contributed by atoms with Gasteiger partial charge in [0.15, 0.2) is 0 Å². The summed E-state index contributed by atoms with van der Waals surface area (Å²) in [4.78, 5) is 24.5. The van der Waals surface area contributed by atoms with E-state index in [1.807, 2.05) is 11.4 Å². The lowest BCUT2D eigenvalue weighted by Gasteiger charge is -2.19. The van der Waals surface area contributed by atoms with Gasteiger partial charge in [-0.15, -0.1) is 11.3 Å². The van der Waals surface area contributed by atoms with Gasteiger partial charge >= 0.3 is 5.97 Å². The lowest BCUT2D eigenvalue weighted by atomic mass is 10.0. The lowest BCUT2D eigenvalue weighted by molar-refractivity contribution is -0.141. The highest BCUT2D eigenvalue weighted by Crippen LogP contribution is 2.43. The number of rotatable bonds is 5. The average Bonchev–Trinajstić information content (AvgIpc) is 2.95. The maximum absolute atomic E-state index is 12.4. The van der Waals surface area contributed by atoms with Crippen LogP contribution >= 0.6 is 11.3 Å². The monoisotopic (exact) mass is 293 g/mol. The molecular formula is C15H19NO3S. The fourth-order valence-electron chi connectivity index (χ4n) is 3.03. The molecule has 1 unspecified atom stereocenters. The third-order valence-electron chi connectivity index (χ3n) is 4.39. The van der Waals surface area contributed by atoms with Crippen LogP contribution in [0, 0.1) is 17.8 Å². The van der Waals surface area contributed by atoms with E-state index in [0.717, 1.165) is 0 Å². The molecule has 0 aliphatic heterocycles. The van der Waals surface area contributed by atoms with Crippen LogP contribution in [-0.4, -0.2) is 17.0 Å². The van der Waals surface area contributed by atoms with Crippen molar-refractivity contribution in [1.82, 2.24) is 5.32 Å². The molecule has 5 heteroatoms. The van der Waals surface area contributed by atoms with Gasteiger partial charge in [-0.05, 0) is 49.5 Å². The van der Waals surface area contributed by atoms with Gasteiger partial charge < -0.3 is 10.4 Å². The summed E-state index contributed by atoms with van der Waals surface area (Å²) in [5.41, 5.74) is 0. The van der Waals surface area contributed by atoms with Crippen molar-refractivity contribution in [2.75, 3.05) is 0 Å². The number of carbonyl (C=O) groups excluding carboxylic acids is 1.